The van der Waals surface area contributed by atoms with E-state index in [4.69, 9.17) is 4.74 Å². The van der Waals surface area contributed by atoms with E-state index in [0.717, 1.165) is 29.4 Å². The number of nitrogens with one attached hydrogen (secondary N) is 1. The highest BCUT2D eigenvalue weighted by Gasteiger charge is 2.29. The third-order valence-electron chi connectivity index (χ3n) is 5.73. The molecule has 0 bridgehead atoms. The normalized spacial score (nSPS) is 15.8. The number of morpholine rings is 1. The van der Waals surface area contributed by atoms with E-state index in [1.165, 1.54) is 9.21 Å². The highest BCUT2D eigenvalue weighted by Crippen LogP contribution is 2.27. The fraction of sp³-hybridized carbons (Fsp3) is 0.333. The number of benzene rings is 3. The molecule has 0 saturated carbocycles. The summed E-state index contributed by atoms with van der Waals surface area (Å²) in [6.07, 6.45) is -0.787. The molecule has 8 heteroatoms. The minimum Gasteiger partial charge on any atom is -1.00 e. The summed E-state index contributed by atoms with van der Waals surface area (Å²) in [5.74, 6) is 0. The molecule has 1 fully saturated rings. The molecule has 3 aromatic rings. The Morgan fingerprint density at radius 1 is 1.00 bits per heavy atom. The summed E-state index contributed by atoms with van der Waals surface area (Å²) >= 11 is 0. The average molecular weight is 477 g/mol. The van der Waals surface area contributed by atoms with Gasteiger partial charge in [-0.05, 0) is 42.0 Å². The monoisotopic (exact) mass is 476 g/mol. The fourth-order valence-electron chi connectivity index (χ4n) is 3.96. The van der Waals surface area contributed by atoms with Crippen molar-refractivity contribution in [1.29, 1.82) is 0 Å². The second-order valence-electron chi connectivity index (χ2n) is 8.10. The van der Waals surface area contributed by atoms with Crippen LogP contribution in [0, 0.1) is 6.92 Å². The first-order valence-corrected chi connectivity index (χ1v) is 12.0. The Kier molecular flexibility index (Phi) is 8.14. The van der Waals surface area contributed by atoms with Gasteiger partial charge in [0.25, 0.3) is 10.0 Å². The first kappa shape index (κ1) is 24.5. The van der Waals surface area contributed by atoms with E-state index in [0.29, 0.717) is 25.4 Å². The minimum atomic E-state index is -3.85. The molecule has 6 nitrogen and oxygen atoms in total. The van der Waals surface area contributed by atoms with Crippen molar-refractivity contribution in [1.82, 2.24) is 0 Å². The number of quaternary nitrogens is 1. The molecule has 172 valence electrons. The Balaban J connectivity index is 0.00000289. The molecular formula is C24H29ClN2O4S. The number of halogens is 1. The standard InChI is InChI=1S/C24H28N2O4S.ClH/c1-19-6-9-22(10-7-19)26(18-23(27)17-25-12-14-30-15-13-25)31(28,29)24-11-8-20-4-2-3-5-21(20)16-24;/h2-11,16,23,27H,12-15,17-18H2,1H3;1H. The van der Waals surface area contributed by atoms with Gasteiger partial charge in [0.05, 0.1) is 30.3 Å². The van der Waals surface area contributed by atoms with Crippen LogP contribution < -0.4 is 21.6 Å². The molecule has 0 amide bonds. The van der Waals surface area contributed by atoms with Gasteiger partial charge >= 0.3 is 0 Å². The van der Waals surface area contributed by atoms with Crippen molar-refractivity contribution < 1.29 is 35.6 Å². The van der Waals surface area contributed by atoms with E-state index in [9.17, 15) is 13.5 Å². The molecule has 0 radical (unpaired) electrons. The number of ether oxygens (including phenoxy) is 1. The van der Waals surface area contributed by atoms with Crippen LogP contribution in [0.1, 0.15) is 5.56 Å². The van der Waals surface area contributed by atoms with Crippen LogP contribution in [0.4, 0.5) is 5.69 Å². The largest absolute Gasteiger partial charge is 1.00 e. The highest BCUT2D eigenvalue weighted by molar-refractivity contribution is 7.92. The van der Waals surface area contributed by atoms with Gasteiger partial charge in [0.1, 0.15) is 25.7 Å². The van der Waals surface area contributed by atoms with Gasteiger partial charge in [0.15, 0.2) is 0 Å². The number of rotatable bonds is 7. The fourth-order valence-corrected chi connectivity index (χ4v) is 5.50. The number of hydrogen-bond donors (Lipinski definition) is 2. The van der Waals surface area contributed by atoms with E-state index in [-0.39, 0.29) is 23.8 Å². The van der Waals surface area contributed by atoms with Crippen LogP contribution in [0.2, 0.25) is 0 Å². The molecule has 4 rings (SSSR count). The van der Waals surface area contributed by atoms with Crippen molar-refractivity contribution >= 4 is 26.5 Å². The third kappa shape index (κ3) is 5.60. The molecule has 2 N–H and O–H groups in total. The van der Waals surface area contributed by atoms with Crippen molar-refractivity contribution in [2.24, 2.45) is 0 Å². The first-order chi connectivity index (χ1) is 14.9. The predicted molar refractivity (Wildman–Crippen MR) is 122 cm³/mol. The Bertz CT molecular complexity index is 1130. The van der Waals surface area contributed by atoms with E-state index < -0.39 is 16.1 Å². The number of aliphatic hydroxyl groups excluding tert-OH is 1. The average Bonchev–Trinajstić information content (AvgIpc) is 2.78. The van der Waals surface area contributed by atoms with Gasteiger partial charge in [0, 0.05) is 0 Å². The van der Waals surface area contributed by atoms with Crippen LogP contribution in [-0.4, -0.2) is 59.0 Å². The van der Waals surface area contributed by atoms with E-state index in [1.54, 1.807) is 24.3 Å². The van der Waals surface area contributed by atoms with Crippen LogP contribution in [0.5, 0.6) is 0 Å². The lowest BCUT2D eigenvalue weighted by Gasteiger charge is -2.30. The third-order valence-corrected chi connectivity index (χ3v) is 7.52. The molecule has 1 aliphatic rings. The van der Waals surface area contributed by atoms with Crippen LogP contribution in [0.25, 0.3) is 10.8 Å². The predicted octanol–water partition coefficient (Wildman–Crippen LogP) is -1.38. The molecule has 1 aliphatic heterocycles. The highest BCUT2D eigenvalue weighted by atomic mass is 35.5. The number of hydrogen-bond acceptors (Lipinski definition) is 4. The van der Waals surface area contributed by atoms with Crippen LogP contribution in [0.3, 0.4) is 0 Å². The maximum atomic E-state index is 13.7. The minimum absolute atomic E-state index is 0. The van der Waals surface area contributed by atoms with Gasteiger partial charge in [0.2, 0.25) is 0 Å². The number of sulfonamides is 1. The second-order valence-corrected chi connectivity index (χ2v) is 9.96. The van der Waals surface area contributed by atoms with Crippen LogP contribution in [0.15, 0.2) is 71.6 Å². The summed E-state index contributed by atoms with van der Waals surface area (Å²) < 4.78 is 34.1. The van der Waals surface area contributed by atoms with E-state index >= 15 is 0 Å². The summed E-state index contributed by atoms with van der Waals surface area (Å²) in [6, 6.07) is 20.2. The zero-order chi connectivity index (χ0) is 21.8. The van der Waals surface area contributed by atoms with Crippen molar-refractivity contribution in [2.75, 3.05) is 43.7 Å². The lowest BCUT2D eigenvalue weighted by atomic mass is 10.1. The molecule has 1 saturated heterocycles. The zero-order valence-corrected chi connectivity index (χ0v) is 19.6. The Hall–Kier alpha value is -2.16. The van der Waals surface area contributed by atoms with Gasteiger partial charge < -0.3 is 27.2 Å². The van der Waals surface area contributed by atoms with E-state index in [2.05, 4.69) is 0 Å². The summed E-state index contributed by atoms with van der Waals surface area (Å²) in [4.78, 5) is 1.45. The number of anilines is 1. The number of fused-ring (bicyclic) bond motifs is 1. The Morgan fingerprint density at radius 3 is 2.34 bits per heavy atom. The number of aliphatic hydroxyl groups is 1. The zero-order valence-electron chi connectivity index (χ0n) is 18.1. The van der Waals surface area contributed by atoms with Gasteiger partial charge in [-0.15, -0.1) is 0 Å². The molecule has 1 atom stereocenters. The summed E-state index contributed by atoms with van der Waals surface area (Å²) in [7, 11) is -3.85. The van der Waals surface area contributed by atoms with Gasteiger partial charge in [-0.25, -0.2) is 8.42 Å². The molecule has 0 aromatic heterocycles. The Morgan fingerprint density at radius 2 is 1.66 bits per heavy atom. The molecule has 0 spiro atoms. The molecular weight excluding hydrogens is 448 g/mol. The van der Waals surface area contributed by atoms with Crippen molar-refractivity contribution in [2.45, 2.75) is 17.9 Å². The van der Waals surface area contributed by atoms with Gasteiger partial charge in [-0.1, -0.05) is 48.0 Å². The summed E-state index contributed by atoms with van der Waals surface area (Å²) in [5.41, 5.74) is 1.60. The van der Waals surface area contributed by atoms with Crippen LogP contribution in [-0.2, 0) is 14.8 Å². The lowest BCUT2D eigenvalue weighted by molar-refractivity contribution is -0.910. The number of nitrogens with zero attached hydrogens (tertiary/aromatic N) is 1. The number of aryl methyl sites for hydroxylation is 1. The molecule has 3 aromatic carbocycles. The van der Waals surface area contributed by atoms with Crippen molar-refractivity contribution in [3.63, 3.8) is 0 Å². The maximum absolute atomic E-state index is 13.7. The lowest BCUT2D eigenvalue weighted by Crippen LogP contribution is -3.15. The van der Waals surface area contributed by atoms with Crippen molar-refractivity contribution in [3.8, 4) is 0 Å². The van der Waals surface area contributed by atoms with Crippen molar-refractivity contribution in [3.05, 3.63) is 72.3 Å². The van der Waals surface area contributed by atoms with Crippen LogP contribution >= 0.6 is 0 Å². The van der Waals surface area contributed by atoms with Gasteiger partial charge in [-0.2, -0.15) is 0 Å². The van der Waals surface area contributed by atoms with E-state index in [1.807, 2.05) is 49.4 Å². The SMILES string of the molecule is Cc1ccc(N(CC(O)C[NH+]2CCOCC2)S(=O)(=O)c2ccc3ccccc3c2)cc1.[Cl-]. The molecule has 32 heavy (non-hydrogen) atoms. The summed E-state index contributed by atoms with van der Waals surface area (Å²) in [6.45, 7) is 5.42. The maximum Gasteiger partial charge on any atom is 0.264 e. The summed E-state index contributed by atoms with van der Waals surface area (Å²) in [5, 5.41) is 12.7. The topological polar surface area (TPSA) is 71.3 Å². The smallest absolute Gasteiger partial charge is 0.264 e. The Labute approximate surface area is 195 Å². The molecule has 0 aliphatic carbocycles. The second kappa shape index (κ2) is 10.6. The van der Waals surface area contributed by atoms with Gasteiger partial charge in [-0.3, -0.25) is 4.31 Å². The molecule has 1 heterocycles. The first-order valence-electron chi connectivity index (χ1n) is 10.6. The molecule has 1 unspecified atom stereocenters. The quantitative estimate of drug-likeness (QED) is 0.441.